The summed E-state index contributed by atoms with van der Waals surface area (Å²) in [6.45, 7) is 8.97. The quantitative estimate of drug-likeness (QED) is 0.660. The van der Waals surface area contributed by atoms with Crippen molar-refractivity contribution < 1.29 is 4.74 Å². The summed E-state index contributed by atoms with van der Waals surface area (Å²) >= 11 is 0. The summed E-state index contributed by atoms with van der Waals surface area (Å²) in [6, 6.07) is 0. The number of nitrogens with one attached hydrogen (secondary N) is 1. The third-order valence-corrected chi connectivity index (χ3v) is 3.11. The fourth-order valence-electron chi connectivity index (χ4n) is 1.38. The fourth-order valence-corrected chi connectivity index (χ4v) is 1.38. The number of methoxy groups -OCH3 is 1. The maximum Gasteiger partial charge on any atom is 0.0465 e. The first-order valence-corrected chi connectivity index (χ1v) is 5.18. The van der Waals surface area contributed by atoms with Gasteiger partial charge >= 0.3 is 0 Å². The molecule has 0 aromatic carbocycles. The Morgan fingerprint density at radius 1 is 1.38 bits per heavy atom. The van der Waals surface area contributed by atoms with E-state index in [0.717, 1.165) is 25.5 Å². The molecule has 0 aromatic heterocycles. The lowest BCUT2D eigenvalue weighted by atomic mass is 9.76. The van der Waals surface area contributed by atoms with Gasteiger partial charge in [-0.3, -0.25) is 0 Å². The van der Waals surface area contributed by atoms with Crippen molar-refractivity contribution in [2.24, 2.45) is 11.3 Å². The third-order valence-electron chi connectivity index (χ3n) is 3.11. The van der Waals surface area contributed by atoms with E-state index in [2.05, 4.69) is 26.1 Å². The molecule has 0 aliphatic rings. The van der Waals surface area contributed by atoms with Crippen LogP contribution in [0.25, 0.3) is 0 Å². The summed E-state index contributed by atoms with van der Waals surface area (Å²) in [5.41, 5.74) is 0.418. The van der Waals surface area contributed by atoms with Crippen LogP contribution in [-0.4, -0.2) is 27.3 Å². The first-order valence-electron chi connectivity index (χ1n) is 5.18. The molecule has 0 aliphatic carbocycles. The maximum absolute atomic E-state index is 5.10. The van der Waals surface area contributed by atoms with Gasteiger partial charge in [0.2, 0.25) is 0 Å². The molecule has 0 bridgehead atoms. The molecule has 1 atom stereocenters. The van der Waals surface area contributed by atoms with Gasteiger partial charge in [0.15, 0.2) is 0 Å². The lowest BCUT2D eigenvalue weighted by molar-refractivity contribution is 0.130. The maximum atomic E-state index is 5.10. The molecule has 0 amide bonds. The van der Waals surface area contributed by atoms with Crippen LogP contribution >= 0.6 is 0 Å². The average molecular weight is 187 g/mol. The number of ether oxygens (including phenoxy) is 1. The van der Waals surface area contributed by atoms with Crippen LogP contribution in [0, 0.1) is 11.3 Å². The van der Waals surface area contributed by atoms with E-state index >= 15 is 0 Å². The summed E-state index contributed by atoms with van der Waals surface area (Å²) in [6.07, 6.45) is 2.39. The summed E-state index contributed by atoms with van der Waals surface area (Å²) in [5.74, 6) is 0.723. The van der Waals surface area contributed by atoms with Crippen molar-refractivity contribution in [2.45, 2.75) is 33.6 Å². The smallest absolute Gasteiger partial charge is 0.0465 e. The van der Waals surface area contributed by atoms with Crippen LogP contribution < -0.4 is 5.32 Å². The molecule has 0 rings (SSSR count). The second kappa shape index (κ2) is 6.39. The molecule has 80 valence electrons. The summed E-state index contributed by atoms with van der Waals surface area (Å²) in [5, 5.41) is 3.20. The van der Waals surface area contributed by atoms with Gasteiger partial charge in [-0.25, -0.2) is 0 Å². The summed E-state index contributed by atoms with van der Waals surface area (Å²) in [4.78, 5) is 0. The minimum atomic E-state index is 0.418. The zero-order valence-corrected chi connectivity index (χ0v) is 9.81. The van der Waals surface area contributed by atoms with E-state index in [-0.39, 0.29) is 0 Å². The Labute approximate surface area is 83.1 Å². The Hall–Kier alpha value is -0.0800. The Kier molecular flexibility index (Phi) is 6.35. The van der Waals surface area contributed by atoms with E-state index in [1.54, 1.807) is 7.11 Å². The lowest BCUT2D eigenvalue weighted by Gasteiger charge is -2.31. The van der Waals surface area contributed by atoms with E-state index in [9.17, 15) is 0 Å². The Bertz CT molecular complexity index is 123. The van der Waals surface area contributed by atoms with Crippen LogP contribution in [0.2, 0.25) is 0 Å². The van der Waals surface area contributed by atoms with Crippen molar-refractivity contribution in [3.05, 3.63) is 0 Å². The van der Waals surface area contributed by atoms with Crippen LogP contribution in [-0.2, 0) is 4.74 Å². The van der Waals surface area contributed by atoms with Gasteiger partial charge in [0.25, 0.3) is 0 Å². The highest BCUT2D eigenvalue weighted by Crippen LogP contribution is 2.32. The lowest BCUT2D eigenvalue weighted by Crippen LogP contribution is -2.27. The molecule has 1 N–H and O–H groups in total. The normalized spacial score (nSPS) is 14.5. The van der Waals surface area contributed by atoms with Gasteiger partial charge in [0, 0.05) is 13.7 Å². The molecule has 0 saturated carbocycles. The first kappa shape index (κ1) is 12.9. The number of hydrogen-bond acceptors (Lipinski definition) is 2. The minimum absolute atomic E-state index is 0.418. The third kappa shape index (κ3) is 5.27. The molecule has 2 nitrogen and oxygen atoms in total. The SMILES string of the molecule is CNCCC(C)(C)C(C)CCOC. The number of rotatable bonds is 7. The van der Waals surface area contributed by atoms with E-state index < -0.39 is 0 Å². The van der Waals surface area contributed by atoms with Crippen LogP contribution in [0.4, 0.5) is 0 Å². The van der Waals surface area contributed by atoms with Crippen LogP contribution in [0.3, 0.4) is 0 Å². The average Bonchev–Trinajstić information content (AvgIpc) is 2.10. The fraction of sp³-hybridized carbons (Fsp3) is 1.00. The monoisotopic (exact) mass is 187 g/mol. The zero-order valence-electron chi connectivity index (χ0n) is 9.81. The van der Waals surface area contributed by atoms with E-state index in [1.165, 1.54) is 6.42 Å². The van der Waals surface area contributed by atoms with E-state index in [0.29, 0.717) is 5.41 Å². The highest BCUT2D eigenvalue weighted by molar-refractivity contribution is 4.75. The minimum Gasteiger partial charge on any atom is -0.385 e. The molecular formula is C11H25NO. The second-order valence-electron chi connectivity index (χ2n) is 4.52. The van der Waals surface area contributed by atoms with Gasteiger partial charge < -0.3 is 10.1 Å². The Morgan fingerprint density at radius 2 is 2.00 bits per heavy atom. The largest absolute Gasteiger partial charge is 0.385 e. The van der Waals surface area contributed by atoms with Gasteiger partial charge in [-0.15, -0.1) is 0 Å². The molecule has 0 saturated heterocycles. The van der Waals surface area contributed by atoms with Crippen molar-refractivity contribution in [2.75, 3.05) is 27.3 Å². The molecule has 1 unspecified atom stereocenters. The summed E-state index contributed by atoms with van der Waals surface area (Å²) in [7, 11) is 3.78. The van der Waals surface area contributed by atoms with Crippen molar-refractivity contribution >= 4 is 0 Å². The van der Waals surface area contributed by atoms with E-state index in [4.69, 9.17) is 4.74 Å². The standard InChI is InChI=1S/C11H25NO/c1-10(6-9-13-5)11(2,3)7-8-12-4/h10,12H,6-9H2,1-5H3. The van der Waals surface area contributed by atoms with Gasteiger partial charge in [-0.05, 0) is 37.8 Å². The molecule has 0 spiro atoms. The van der Waals surface area contributed by atoms with Gasteiger partial charge in [0.1, 0.15) is 0 Å². The van der Waals surface area contributed by atoms with Crippen molar-refractivity contribution in [1.29, 1.82) is 0 Å². The summed E-state index contributed by atoms with van der Waals surface area (Å²) < 4.78 is 5.10. The van der Waals surface area contributed by atoms with Crippen LogP contribution in [0.5, 0.6) is 0 Å². The van der Waals surface area contributed by atoms with Gasteiger partial charge in [-0.1, -0.05) is 20.8 Å². The van der Waals surface area contributed by atoms with Gasteiger partial charge in [-0.2, -0.15) is 0 Å². The highest BCUT2D eigenvalue weighted by Gasteiger charge is 2.24. The molecular weight excluding hydrogens is 162 g/mol. The van der Waals surface area contributed by atoms with Crippen molar-refractivity contribution in [3.8, 4) is 0 Å². The molecule has 0 fully saturated rings. The molecule has 0 radical (unpaired) electrons. The van der Waals surface area contributed by atoms with Crippen LogP contribution in [0.1, 0.15) is 33.6 Å². The number of hydrogen-bond donors (Lipinski definition) is 1. The zero-order chi connectivity index (χ0) is 10.3. The van der Waals surface area contributed by atoms with Crippen molar-refractivity contribution in [1.82, 2.24) is 5.32 Å². The Morgan fingerprint density at radius 3 is 2.46 bits per heavy atom. The first-order chi connectivity index (χ1) is 6.04. The molecule has 0 heterocycles. The topological polar surface area (TPSA) is 21.3 Å². The molecule has 0 aromatic rings. The highest BCUT2D eigenvalue weighted by atomic mass is 16.5. The van der Waals surface area contributed by atoms with Crippen LogP contribution in [0.15, 0.2) is 0 Å². The predicted molar refractivity (Wildman–Crippen MR) is 58.0 cm³/mol. The van der Waals surface area contributed by atoms with Gasteiger partial charge in [0.05, 0.1) is 0 Å². The predicted octanol–water partition coefficient (Wildman–Crippen LogP) is 2.29. The molecule has 0 aliphatic heterocycles. The van der Waals surface area contributed by atoms with Crippen molar-refractivity contribution in [3.63, 3.8) is 0 Å². The Balaban J connectivity index is 3.80. The molecule has 2 heteroatoms. The van der Waals surface area contributed by atoms with E-state index in [1.807, 2.05) is 7.05 Å². The molecule has 13 heavy (non-hydrogen) atoms. The second-order valence-corrected chi connectivity index (χ2v) is 4.52.